The Labute approximate surface area is 184 Å². The van der Waals surface area contributed by atoms with Gasteiger partial charge in [-0.05, 0) is 48.0 Å². The fourth-order valence-corrected chi connectivity index (χ4v) is 3.60. The Morgan fingerprint density at radius 2 is 1.87 bits per heavy atom. The molecule has 150 valence electrons. The van der Waals surface area contributed by atoms with Gasteiger partial charge in [-0.15, -0.1) is 0 Å². The summed E-state index contributed by atoms with van der Waals surface area (Å²) in [6.07, 6.45) is 0. The molecular weight excluding hydrogens is 472 g/mol. The minimum Gasteiger partial charge on any atom is -0.488 e. The summed E-state index contributed by atoms with van der Waals surface area (Å²) in [5.41, 5.74) is 1.55. The second-order valence-electron chi connectivity index (χ2n) is 6.53. The highest BCUT2D eigenvalue weighted by Gasteiger charge is 2.14. The van der Waals surface area contributed by atoms with E-state index in [1.54, 1.807) is 48.5 Å². The van der Waals surface area contributed by atoms with Crippen LogP contribution in [-0.2, 0) is 6.61 Å². The predicted octanol–water partition coefficient (Wildman–Crippen LogP) is 6.15. The molecule has 0 unspecified atom stereocenters. The zero-order valence-corrected chi connectivity index (χ0v) is 17.7. The average molecular weight is 486 g/mol. The molecule has 7 heteroatoms. The van der Waals surface area contributed by atoms with Crippen molar-refractivity contribution < 1.29 is 19.1 Å². The number of carboxylic acid groups (broad SMARTS) is 1. The highest BCUT2D eigenvalue weighted by Crippen LogP contribution is 2.35. The molecule has 0 saturated carbocycles. The summed E-state index contributed by atoms with van der Waals surface area (Å²) in [5.74, 6) is -0.211. The highest BCUT2D eigenvalue weighted by molar-refractivity contribution is 9.10. The smallest absolute Gasteiger partial charge is 0.335 e. The second-order valence-corrected chi connectivity index (χ2v) is 7.85. The van der Waals surface area contributed by atoms with Crippen molar-refractivity contribution in [3.63, 3.8) is 0 Å². The van der Waals surface area contributed by atoms with Gasteiger partial charge in [-0.2, -0.15) is 0 Å². The lowest BCUT2D eigenvalue weighted by molar-refractivity contribution is 0.0696. The van der Waals surface area contributed by atoms with Gasteiger partial charge in [0.25, 0.3) is 0 Å². The molecule has 4 aromatic rings. The van der Waals surface area contributed by atoms with E-state index in [0.717, 1.165) is 4.47 Å². The van der Waals surface area contributed by atoms with E-state index >= 15 is 0 Å². The number of aromatic carboxylic acids is 1. The van der Waals surface area contributed by atoms with Crippen LogP contribution in [-0.4, -0.2) is 11.1 Å². The Bertz CT molecular complexity index is 1330. The molecule has 0 atom stereocenters. The fourth-order valence-electron chi connectivity index (χ4n) is 3.05. The zero-order valence-electron chi connectivity index (χ0n) is 15.4. The SMILES string of the molecule is O=C(O)c1cccc(COc2cc(Br)ccc2-c2cc(=O)c3cccc(Cl)c3o2)c1. The molecule has 1 aromatic heterocycles. The summed E-state index contributed by atoms with van der Waals surface area (Å²) >= 11 is 9.64. The van der Waals surface area contributed by atoms with E-state index in [1.165, 1.54) is 12.1 Å². The van der Waals surface area contributed by atoms with Crippen molar-refractivity contribution in [1.82, 2.24) is 0 Å². The van der Waals surface area contributed by atoms with Crippen LogP contribution in [0.25, 0.3) is 22.3 Å². The van der Waals surface area contributed by atoms with Crippen LogP contribution < -0.4 is 10.2 Å². The average Bonchev–Trinajstić information content (AvgIpc) is 2.73. The molecule has 4 rings (SSSR count). The van der Waals surface area contributed by atoms with E-state index in [2.05, 4.69) is 15.9 Å². The van der Waals surface area contributed by atoms with Crippen molar-refractivity contribution >= 4 is 44.5 Å². The highest BCUT2D eigenvalue weighted by atomic mass is 79.9. The minimum absolute atomic E-state index is 0.142. The largest absolute Gasteiger partial charge is 0.488 e. The molecular formula is C23H14BrClO5. The number of halogens is 2. The molecule has 0 bridgehead atoms. The fraction of sp³-hybridized carbons (Fsp3) is 0.0435. The number of carbonyl (C=O) groups is 1. The number of para-hydroxylation sites is 1. The van der Waals surface area contributed by atoms with Gasteiger partial charge in [-0.3, -0.25) is 4.79 Å². The quantitative estimate of drug-likeness (QED) is 0.367. The topological polar surface area (TPSA) is 76.7 Å². The minimum atomic E-state index is -1.00. The summed E-state index contributed by atoms with van der Waals surface area (Å²) in [4.78, 5) is 23.7. The Kier molecular flexibility index (Phi) is 5.61. The van der Waals surface area contributed by atoms with Crippen molar-refractivity contribution in [2.45, 2.75) is 6.61 Å². The third-order valence-electron chi connectivity index (χ3n) is 4.48. The lowest BCUT2D eigenvalue weighted by atomic mass is 10.1. The van der Waals surface area contributed by atoms with E-state index in [1.807, 2.05) is 6.07 Å². The molecule has 0 radical (unpaired) electrons. The first kappa shape index (κ1) is 20.2. The number of fused-ring (bicyclic) bond motifs is 1. The van der Waals surface area contributed by atoms with E-state index < -0.39 is 5.97 Å². The third-order valence-corrected chi connectivity index (χ3v) is 5.27. The standard InChI is InChI=1S/C23H14BrClO5/c24-15-7-8-17(21-11-19(26)16-5-2-6-18(25)22(16)30-21)20(10-15)29-12-13-3-1-4-14(9-13)23(27)28/h1-11H,12H2,(H,27,28). The second kappa shape index (κ2) is 8.34. The molecule has 0 aliphatic carbocycles. The van der Waals surface area contributed by atoms with Gasteiger partial charge in [0.15, 0.2) is 11.0 Å². The number of carboxylic acids is 1. The van der Waals surface area contributed by atoms with Gasteiger partial charge in [-0.25, -0.2) is 4.79 Å². The van der Waals surface area contributed by atoms with Gasteiger partial charge in [0.05, 0.1) is 21.5 Å². The molecule has 30 heavy (non-hydrogen) atoms. The van der Waals surface area contributed by atoms with Gasteiger partial charge in [0.2, 0.25) is 0 Å². The number of hydrogen-bond acceptors (Lipinski definition) is 4. The predicted molar refractivity (Wildman–Crippen MR) is 118 cm³/mol. The van der Waals surface area contributed by atoms with E-state index in [-0.39, 0.29) is 17.6 Å². The molecule has 0 amide bonds. The Morgan fingerprint density at radius 1 is 1.07 bits per heavy atom. The third kappa shape index (κ3) is 4.10. The van der Waals surface area contributed by atoms with Crippen LogP contribution in [0.1, 0.15) is 15.9 Å². The maximum absolute atomic E-state index is 12.6. The monoisotopic (exact) mass is 484 g/mol. The van der Waals surface area contributed by atoms with Crippen LogP contribution in [0.15, 0.2) is 80.4 Å². The Hall–Kier alpha value is -3.09. The van der Waals surface area contributed by atoms with E-state index in [4.69, 9.17) is 25.9 Å². The Balaban J connectivity index is 1.74. The van der Waals surface area contributed by atoms with Crippen molar-refractivity contribution in [2.75, 3.05) is 0 Å². The van der Waals surface area contributed by atoms with Crippen LogP contribution in [0.5, 0.6) is 5.75 Å². The number of benzene rings is 3. The summed E-state index contributed by atoms with van der Waals surface area (Å²) in [5, 5.41) is 9.90. The van der Waals surface area contributed by atoms with Crippen LogP contribution >= 0.6 is 27.5 Å². The van der Waals surface area contributed by atoms with Crippen LogP contribution in [0.4, 0.5) is 0 Å². The Morgan fingerprint density at radius 3 is 2.67 bits per heavy atom. The van der Waals surface area contributed by atoms with Gasteiger partial charge >= 0.3 is 5.97 Å². The maximum atomic E-state index is 12.6. The lowest BCUT2D eigenvalue weighted by Gasteiger charge is -2.13. The van der Waals surface area contributed by atoms with Crippen molar-refractivity contribution in [3.05, 3.63) is 97.6 Å². The van der Waals surface area contributed by atoms with Gasteiger partial charge in [-0.1, -0.05) is 45.7 Å². The van der Waals surface area contributed by atoms with E-state index in [9.17, 15) is 9.59 Å². The summed E-state index contributed by atoms with van der Waals surface area (Å²) in [6, 6.07) is 18.3. The normalized spacial score (nSPS) is 10.9. The van der Waals surface area contributed by atoms with Crippen molar-refractivity contribution in [1.29, 1.82) is 0 Å². The molecule has 0 spiro atoms. The lowest BCUT2D eigenvalue weighted by Crippen LogP contribution is -2.03. The van der Waals surface area contributed by atoms with Crippen LogP contribution in [0, 0.1) is 0 Å². The number of ether oxygens (including phenoxy) is 1. The molecule has 1 N–H and O–H groups in total. The summed E-state index contributed by atoms with van der Waals surface area (Å²) < 4.78 is 12.7. The summed E-state index contributed by atoms with van der Waals surface area (Å²) in [6.45, 7) is 0.142. The maximum Gasteiger partial charge on any atom is 0.335 e. The van der Waals surface area contributed by atoms with Crippen LogP contribution in [0.3, 0.4) is 0 Å². The molecule has 1 heterocycles. The first-order valence-corrected chi connectivity index (χ1v) is 10.1. The van der Waals surface area contributed by atoms with E-state index in [0.29, 0.717) is 38.6 Å². The van der Waals surface area contributed by atoms with Gasteiger partial charge < -0.3 is 14.3 Å². The zero-order chi connectivity index (χ0) is 21.3. The number of hydrogen-bond donors (Lipinski definition) is 1. The van der Waals surface area contributed by atoms with Crippen molar-refractivity contribution in [2.24, 2.45) is 0 Å². The molecule has 0 fully saturated rings. The first-order valence-electron chi connectivity index (χ1n) is 8.90. The number of rotatable bonds is 5. The molecule has 0 aliphatic rings. The molecule has 0 aliphatic heterocycles. The molecule has 3 aromatic carbocycles. The van der Waals surface area contributed by atoms with Crippen LogP contribution in [0.2, 0.25) is 5.02 Å². The van der Waals surface area contributed by atoms with Gasteiger partial charge in [0, 0.05) is 10.5 Å². The molecule has 5 nitrogen and oxygen atoms in total. The first-order chi connectivity index (χ1) is 14.4. The van der Waals surface area contributed by atoms with Crippen molar-refractivity contribution in [3.8, 4) is 17.1 Å². The molecule has 0 saturated heterocycles. The van der Waals surface area contributed by atoms with Gasteiger partial charge in [0.1, 0.15) is 18.1 Å². The summed E-state index contributed by atoms with van der Waals surface area (Å²) in [7, 11) is 0.